The van der Waals surface area contributed by atoms with Crippen LogP contribution in [-0.2, 0) is 9.59 Å². The molecule has 1 aromatic rings. The number of likely N-dealkylation sites (N-methyl/N-ethyl adjacent to an activating group) is 1. The predicted octanol–water partition coefficient (Wildman–Crippen LogP) is 2.28. The van der Waals surface area contributed by atoms with Gasteiger partial charge in [-0.25, -0.2) is 0 Å². The summed E-state index contributed by atoms with van der Waals surface area (Å²) in [6.45, 7) is 8.53. The Morgan fingerprint density at radius 1 is 1.25 bits per heavy atom. The first-order valence-electron chi connectivity index (χ1n) is 8.72. The molecule has 1 heterocycles. The van der Waals surface area contributed by atoms with Gasteiger partial charge in [0.2, 0.25) is 11.8 Å². The van der Waals surface area contributed by atoms with Crippen LogP contribution < -0.4 is 10.2 Å². The van der Waals surface area contributed by atoms with Gasteiger partial charge in [0.1, 0.15) is 0 Å². The maximum absolute atomic E-state index is 11.8. The first kappa shape index (κ1) is 18.2. The van der Waals surface area contributed by atoms with Crippen LogP contribution in [0.25, 0.3) is 6.08 Å². The standard InChI is InChI=1S/C19H27N3O2/c1-3-21(4-2)15-13-20-18(23)12-9-16-7-10-17(11-8-16)22-14-5-6-19(22)24/h7-12H,3-6,13-15H2,1-2H3,(H,20,23)/b12-9+. The first-order chi connectivity index (χ1) is 11.6. The molecule has 0 aliphatic carbocycles. The van der Waals surface area contributed by atoms with E-state index in [0.717, 1.165) is 43.9 Å². The molecule has 1 aliphatic heterocycles. The molecule has 130 valence electrons. The summed E-state index contributed by atoms with van der Waals surface area (Å²) in [4.78, 5) is 27.6. The molecule has 1 saturated heterocycles. The van der Waals surface area contributed by atoms with Crippen LogP contribution in [-0.4, -0.2) is 49.4 Å². The summed E-state index contributed by atoms with van der Waals surface area (Å²) in [6.07, 6.45) is 4.91. The van der Waals surface area contributed by atoms with Crippen molar-refractivity contribution in [1.29, 1.82) is 0 Å². The van der Waals surface area contributed by atoms with Crippen LogP contribution in [0.4, 0.5) is 5.69 Å². The maximum atomic E-state index is 11.8. The van der Waals surface area contributed by atoms with Gasteiger partial charge in [0.15, 0.2) is 0 Å². The SMILES string of the molecule is CCN(CC)CCNC(=O)/C=C/c1ccc(N2CCCC2=O)cc1. The van der Waals surface area contributed by atoms with E-state index in [1.165, 1.54) is 0 Å². The number of carbonyl (C=O) groups is 2. The van der Waals surface area contributed by atoms with Gasteiger partial charge >= 0.3 is 0 Å². The largest absolute Gasteiger partial charge is 0.351 e. The van der Waals surface area contributed by atoms with Gasteiger partial charge in [-0.2, -0.15) is 0 Å². The van der Waals surface area contributed by atoms with Crippen molar-refractivity contribution in [2.45, 2.75) is 26.7 Å². The molecule has 0 radical (unpaired) electrons. The van der Waals surface area contributed by atoms with E-state index in [4.69, 9.17) is 0 Å². The van der Waals surface area contributed by atoms with Crippen molar-refractivity contribution in [3.63, 3.8) is 0 Å². The van der Waals surface area contributed by atoms with Crippen LogP contribution in [0.2, 0.25) is 0 Å². The first-order valence-corrected chi connectivity index (χ1v) is 8.72. The average Bonchev–Trinajstić information content (AvgIpc) is 3.03. The minimum Gasteiger partial charge on any atom is -0.351 e. The van der Waals surface area contributed by atoms with Gasteiger partial charge in [-0.3, -0.25) is 9.59 Å². The number of hydrogen-bond donors (Lipinski definition) is 1. The van der Waals surface area contributed by atoms with E-state index in [0.29, 0.717) is 13.0 Å². The molecule has 0 bridgehead atoms. The average molecular weight is 329 g/mol. The van der Waals surface area contributed by atoms with Gasteiger partial charge in [0.25, 0.3) is 0 Å². The smallest absolute Gasteiger partial charge is 0.244 e. The zero-order chi connectivity index (χ0) is 17.4. The lowest BCUT2D eigenvalue weighted by molar-refractivity contribution is -0.117. The molecule has 0 spiro atoms. The normalized spacial score (nSPS) is 14.8. The molecule has 1 aromatic carbocycles. The van der Waals surface area contributed by atoms with Gasteiger partial charge in [-0.05, 0) is 43.3 Å². The van der Waals surface area contributed by atoms with Crippen molar-refractivity contribution >= 4 is 23.6 Å². The molecule has 2 rings (SSSR count). The number of amides is 2. The third-order valence-corrected chi connectivity index (χ3v) is 4.33. The van der Waals surface area contributed by atoms with Crippen LogP contribution in [0.15, 0.2) is 30.3 Å². The third-order valence-electron chi connectivity index (χ3n) is 4.33. The second-order valence-electron chi connectivity index (χ2n) is 5.89. The minimum atomic E-state index is -0.0825. The lowest BCUT2D eigenvalue weighted by Gasteiger charge is -2.17. The van der Waals surface area contributed by atoms with E-state index >= 15 is 0 Å². The molecule has 0 saturated carbocycles. The molecular formula is C19H27N3O2. The number of nitrogens with zero attached hydrogens (tertiary/aromatic N) is 2. The number of hydrogen-bond acceptors (Lipinski definition) is 3. The molecule has 5 heteroatoms. The highest BCUT2D eigenvalue weighted by molar-refractivity contribution is 5.95. The molecule has 0 aromatic heterocycles. The van der Waals surface area contributed by atoms with Crippen LogP contribution >= 0.6 is 0 Å². The predicted molar refractivity (Wildman–Crippen MR) is 97.9 cm³/mol. The third kappa shape index (κ3) is 5.20. The second kappa shape index (κ2) is 9.23. The van der Waals surface area contributed by atoms with E-state index in [2.05, 4.69) is 24.1 Å². The number of benzene rings is 1. The highest BCUT2D eigenvalue weighted by atomic mass is 16.2. The molecule has 1 N–H and O–H groups in total. The second-order valence-corrected chi connectivity index (χ2v) is 5.89. The molecule has 0 unspecified atom stereocenters. The summed E-state index contributed by atoms with van der Waals surface area (Å²) >= 11 is 0. The summed E-state index contributed by atoms with van der Waals surface area (Å²) in [6, 6.07) is 7.73. The zero-order valence-corrected chi connectivity index (χ0v) is 14.6. The van der Waals surface area contributed by atoms with Crippen LogP contribution in [0.1, 0.15) is 32.3 Å². The fourth-order valence-electron chi connectivity index (χ4n) is 2.79. The molecule has 24 heavy (non-hydrogen) atoms. The Labute approximate surface area is 144 Å². The summed E-state index contributed by atoms with van der Waals surface area (Å²) in [7, 11) is 0. The minimum absolute atomic E-state index is 0.0825. The van der Waals surface area contributed by atoms with Gasteiger partial charge in [0.05, 0.1) is 0 Å². The molecule has 0 atom stereocenters. The van der Waals surface area contributed by atoms with Crippen LogP contribution in [0, 0.1) is 0 Å². The fourth-order valence-corrected chi connectivity index (χ4v) is 2.79. The van der Waals surface area contributed by atoms with Crippen LogP contribution in [0.3, 0.4) is 0 Å². The topological polar surface area (TPSA) is 52.7 Å². The van der Waals surface area contributed by atoms with Crippen LogP contribution in [0.5, 0.6) is 0 Å². The molecule has 1 fully saturated rings. The van der Waals surface area contributed by atoms with Crippen molar-refractivity contribution in [2.75, 3.05) is 37.6 Å². The number of rotatable bonds is 8. The molecular weight excluding hydrogens is 302 g/mol. The van der Waals surface area contributed by atoms with Crippen molar-refractivity contribution in [3.8, 4) is 0 Å². The van der Waals surface area contributed by atoms with Gasteiger partial charge in [-0.1, -0.05) is 26.0 Å². The molecule has 5 nitrogen and oxygen atoms in total. The quantitative estimate of drug-likeness (QED) is 0.745. The summed E-state index contributed by atoms with van der Waals surface area (Å²) in [5.41, 5.74) is 1.88. The van der Waals surface area contributed by atoms with Gasteiger partial charge in [-0.15, -0.1) is 0 Å². The zero-order valence-electron chi connectivity index (χ0n) is 14.6. The Bertz CT molecular complexity index is 577. The number of carbonyl (C=O) groups excluding carboxylic acids is 2. The number of nitrogens with one attached hydrogen (secondary N) is 1. The van der Waals surface area contributed by atoms with Gasteiger partial charge in [0, 0.05) is 37.8 Å². The summed E-state index contributed by atoms with van der Waals surface area (Å²) in [5.74, 6) is 0.104. The van der Waals surface area contributed by atoms with Gasteiger partial charge < -0.3 is 15.1 Å². The van der Waals surface area contributed by atoms with Crippen molar-refractivity contribution in [2.24, 2.45) is 0 Å². The lowest BCUT2D eigenvalue weighted by atomic mass is 10.2. The van der Waals surface area contributed by atoms with E-state index in [1.807, 2.05) is 29.2 Å². The maximum Gasteiger partial charge on any atom is 0.244 e. The number of anilines is 1. The Morgan fingerprint density at radius 2 is 1.96 bits per heavy atom. The van der Waals surface area contributed by atoms with E-state index < -0.39 is 0 Å². The van der Waals surface area contributed by atoms with E-state index in [-0.39, 0.29) is 11.8 Å². The van der Waals surface area contributed by atoms with Crippen molar-refractivity contribution < 1.29 is 9.59 Å². The molecule has 1 aliphatic rings. The highest BCUT2D eigenvalue weighted by Crippen LogP contribution is 2.21. The fraction of sp³-hybridized carbons (Fsp3) is 0.474. The van der Waals surface area contributed by atoms with Crippen molar-refractivity contribution in [1.82, 2.24) is 10.2 Å². The Morgan fingerprint density at radius 3 is 2.54 bits per heavy atom. The summed E-state index contributed by atoms with van der Waals surface area (Å²) in [5, 5.41) is 2.89. The van der Waals surface area contributed by atoms with E-state index in [1.54, 1.807) is 12.2 Å². The summed E-state index contributed by atoms with van der Waals surface area (Å²) < 4.78 is 0. The van der Waals surface area contributed by atoms with E-state index in [9.17, 15) is 9.59 Å². The molecule has 2 amide bonds. The van der Waals surface area contributed by atoms with Crippen molar-refractivity contribution in [3.05, 3.63) is 35.9 Å². The lowest BCUT2D eigenvalue weighted by Crippen LogP contribution is -2.34. The Balaban J connectivity index is 1.81. The monoisotopic (exact) mass is 329 g/mol. The Kier molecular flexibility index (Phi) is 7.00. The Hall–Kier alpha value is -2.14. The highest BCUT2D eigenvalue weighted by Gasteiger charge is 2.21.